The molecular weight excluding hydrogens is 528 g/mol. The van der Waals surface area contributed by atoms with E-state index >= 15 is 0 Å². The fraction of sp³-hybridized carbons (Fsp3) is 0.571. The fourth-order valence-corrected chi connectivity index (χ4v) is 6.35. The van der Waals surface area contributed by atoms with Gasteiger partial charge in [0.2, 0.25) is 23.1 Å². The Hall–Kier alpha value is -3.32. The normalized spacial score (nSPS) is 45.8. The average Bonchev–Trinajstić information content (AvgIpc) is 2.93. The van der Waals surface area contributed by atoms with Crippen LogP contribution in [0.25, 0.3) is 0 Å². The summed E-state index contributed by atoms with van der Waals surface area (Å²) in [6.07, 6.45) is 7.23. The van der Waals surface area contributed by atoms with Crippen molar-refractivity contribution < 1.29 is 57.1 Å². The molecule has 6 aliphatic heterocycles. The number of ketones is 4. The molecule has 0 aromatic rings. The summed E-state index contributed by atoms with van der Waals surface area (Å²) < 4.78 is 43.8. The van der Waals surface area contributed by atoms with Gasteiger partial charge in [-0.3, -0.25) is 19.2 Å². The molecule has 12 heteroatoms. The Balaban J connectivity index is 0.000000161. The zero-order valence-electron chi connectivity index (χ0n) is 23.5. The molecule has 0 N–H and O–H groups in total. The van der Waals surface area contributed by atoms with Gasteiger partial charge in [0.15, 0.2) is 45.1 Å². The number of carbonyl (C=O) groups excluding carboxylic acids is 4. The van der Waals surface area contributed by atoms with Crippen LogP contribution in [0.1, 0.15) is 27.7 Å². The molecule has 6 heterocycles. The van der Waals surface area contributed by atoms with Gasteiger partial charge in [-0.15, -0.1) is 0 Å². The maximum Gasteiger partial charge on any atom is 0.232 e. The van der Waals surface area contributed by atoms with E-state index in [1.165, 1.54) is 65.3 Å². The van der Waals surface area contributed by atoms with Crippen molar-refractivity contribution in [2.45, 2.75) is 73.5 Å². The highest BCUT2D eigenvalue weighted by Gasteiger charge is 2.74. The number of ether oxygens (including phenoxy) is 8. The van der Waals surface area contributed by atoms with Gasteiger partial charge in [-0.2, -0.15) is 0 Å². The molecule has 40 heavy (non-hydrogen) atoms. The Morgan fingerprint density at radius 2 is 0.975 bits per heavy atom. The molecule has 0 spiro atoms. The second kappa shape index (κ2) is 8.59. The second-order valence-corrected chi connectivity index (χ2v) is 10.9. The first-order chi connectivity index (χ1) is 18.7. The Kier molecular flexibility index (Phi) is 6.06. The third kappa shape index (κ3) is 2.99. The van der Waals surface area contributed by atoms with Crippen molar-refractivity contribution >= 4 is 23.1 Å². The van der Waals surface area contributed by atoms with Crippen LogP contribution in [0.15, 0.2) is 48.3 Å². The van der Waals surface area contributed by atoms with E-state index in [1.807, 2.05) is 0 Å². The van der Waals surface area contributed by atoms with Crippen LogP contribution in [-0.2, 0) is 57.1 Å². The minimum Gasteiger partial charge on any atom is -0.493 e. The summed E-state index contributed by atoms with van der Waals surface area (Å²) in [5, 5.41) is 0. The summed E-state index contributed by atoms with van der Waals surface area (Å²) >= 11 is 0. The van der Waals surface area contributed by atoms with Crippen molar-refractivity contribution in [2.75, 3.05) is 28.4 Å². The van der Waals surface area contributed by atoms with E-state index in [0.717, 1.165) is 0 Å². The van der Waals surface area contributed by atoms with Gasteiger partial charge < -0.3 is 37.9 Å². The molecular formula is C28H32O12. The van der Waals surface area contributed by atoms with Crippen LogP contribution >= 0.6 is 0 Å². The van der Waals surface area contributed by atoms with Gasteiger partial charge in [-0.25, -0.2) is 0 Å². The highest BCUT2D eigenvalue weighted by molar-refractivity contribution is 6.13. The van der Waals surface area contributed by atoms with E-state index in [1.54, 1.807) is 27.7 Å². The summed E-state index contributed by atoms with van der Waals surface area (Å²) in [6.45, 7) is 6.34. The van der Waals surface area contributed by atoms with Crippen LogP contribution in [-0.4, -0.2) is 97.4 Å². The lowest BCUT2D eigenvalue weighted by molar-refractivity contribution is -0.254. The van der Waals surface area contributed by atoms with Crippen molar-refractivity contribution in [1.29, 1.82) is 0 Å². The highest BCUT2D eigenvalue weighted by atomic mass is 16.6. The number of hydrogen-bond acceptors (Lipinski definition) is 12. The smallest absolute Gasteiger partial charge is 0.232 e. The molecule has 2 saturated heterocycles. The molecule has 0 radical (unpaired) electrons. The molecule has 216 valence electrons. The van der Waals surface area contributed by atoms with Crippen LogP contribution in [0, 0.1) is 0 Å². The van der Waals surface area contributed by atoms with E-state index in [-0.39, 0.29) is 23.1 Å². The molecule has 0 aromatic carbocycles. The molecule has 0 saturated carbocycles. The van der Waals surface area contributed by atoms with Crippen LogP contribution in [0.3, 0.4) is 0 Å². The van der Waals surface area contributed by atoms with Crippen LogP contribution in [0.2, 0.25) is 0 Å². The first-order valence-electron chi connectivity index (χ1n) is 12.6. The number of rotatable bonds is 4. The van der Waals surface area contributed by atoms with Crippen LogP contribution in [0.4, 0.5) is 0 Å². The van der Waals surface area contributed by atoms with E-state index in [9.17, 15) is 19.2 Å². The predicted octanol–water partition coefficient (Wildman–Crippen LogP) is 1.03. The van der Waals surface area contributed by atoms with Crippen molar-refractivity contribution in [1.82, 2.24) is 0 Å². The number of Topliss-reactive ketones (excluding diaryl/α,β-unsaturated/α-hetero) is 4. The lowest BCUT2D eigenvalue weighted by atomic mass is 9.65. The number of methoxy groups -OCH3 is 4. The molecule has 2 fully saturated rings. The summed E-state index contributed by atoms with van der Waals surface area (Å²) in [5.74, 6) is -1.17. The van der Waals surface area contributed by atoms with Gasteiger partial charge >= 0.3 is 0 Å². The Labute approximate surface area is 230 Å². The average molecular weight is 561 g/mol. The topological polar surface area (TPSA) is 142 Å². The Bertz CT molecular complexity index is 1230. The zero-order valence-corrected chi connectivity index (χ0v) is 23.5. The second-order valence-electron chi connectivity index (χ2n) is 10.9. The molecule has 0 aromatic heterocycles. The van der Waals surface area contributed by atoms with E-state index in [0.29, 0.717) is 0 Å². The van der Waals surface area contributed by atoms with Gasteiger partial charge in [-0.1, -0.05) is 0 Å². The standard InChI is InChI=1S/2C14H16O6/c2*1-12-9-7-8(17-3)10(15)13(2,20-9)14(18-4,11(12)16)5-6-19-12/h2*5-7,9H,1-4H3/t2*9-,12-,13+,14+/m00/s1. The lowest BCUT2D eigenvalue weighted by Gasteiger charge is -2.57. The lowest BCUT2D eigenvalue weighted by Crippen LogP contribution is -2.78. The zero-order chi connectivity index (χ0) is 29.5. The summed E-state index contributed by atoms with van der Waals surface area (Å²) in [4.78, 5) is 50.8. The molecule has 6 rings (SSSR count). The SMILES string of the molecule is COC1=C[C@@H]2O[C@](C)(C1=O)[C@@]1(OC)C=CO[C@]2(C)C1=O.COC1=C[C@@H]2O[C@](C)(C1=O)[C@@]1(OC)C=CO[C@]2(C)C1=O. The summed E-state index contributed by atoms with van der Waals surface area (Å²) in [6, 6.07) is 0. The molecule has 0 aliphatic carbocycles. The summed E-state index contributed by atoms with van der Waals surface area (Å²) in [7, 11) is 5.57. The molecule has 0 amide bonds. The predicted molar refractivity (Wildman–Crippen MR) is 134 cm³/mol. The first kappa shape index (κ1) is 28.2. The van der Waals surface area contributed by atoms with Crippen molar-refractivity contribution in [3.8, 4) is 0 Å². The Morgan fingerprint density at radius 3 is 1.27 bits per heavy atom. The molecule has 0 unspecified atom stereocenters. The van der Waals surface area contributed by atoms with Crippen molar-refractivity contribution in [2.24, 2.45) is 0 Å². The molecule has 8 bridgehead atoms. The highest BCUT2D eigenvalue weighted by Crippen LogP contribution is 2.52. The van der Waals surface area contributed by atoms with E-state index in [4.69, 9.17) is 37.9 Å². The minimum absolute atomic E-state index is 0.155. The third-order valence-electron chi connectivity index (χ3n) is 9.04. The van der Waals surface area contributed by atoms with Gasteiger partial charge in [0.25, 0.3) is 0 Å². The van der Waals surface area contributed by atoms with Gasteiger partial charge in [0, 0.05) is 14.2 Å². The summed E-state index contributed by atoms with van der Waals surface area (Å²) in [5.41, 5.74) is -8.44. The van der Waals surface area contributed by atoms with Crippen molar-refractivity contribution in [3.05, 3.63) is 48.3 Å². The van der Waals surface area contributed by atoms with Crippen LogP contribution in [0.5, 0.6) is 0 Å². The molecule has 6 aliphatic rings. The third-order valence-corrected chi connectivity index (χ3v) is 9.04. The quantitative estimate of drug-likeness (QED) is 0.485. The van der Waals surface area contributed by atoms with E-state index in [2.05, 4.69) is 0 Å². The van der Waals surface area contributed by atoms with Gasteiger partial charge in [0.1, 0.15) is 12.2 Å². The molecule has 8 atom stereocenters. The van der Waals surface area contributed by atoms with Gasteiger partial charge in [0.05, 0.1) is 26.7 Å². The van der Waals surface area contributed by atoms with Crippen molar-refractivity contribution in [3.63, 3.8) is 0 Å². The number of fused-ring (bicyclic) bond motifs is 12. The minimum atomic E-state index is -1.51. The maximum absolute atomic E-state index is 12.8. The fourth-order valence-electron chi connectivity index (χ4n) is 6.35. The monoisotopic (exact) mass is 560 g/mol. The number of carbonyl (C=O) groups is 4. The van der Waals surface area contributed by atoms with E-state index < -0.39 is 57.4 Å². The molecule has 12 nitrogen and oxygen atoms in total. The Morgan fingerprint density at radius 1 is 0.625 bits per heavy atom. The number of hydrogen-bond donors (Lipinski definition) is 0. The van der Waals surface area contributed by atoms with Gasteiger partial charge in [-0.05, 0) is 52.0 Å². The van der Waals surface area contributed by atoms with Crippen LogP contribution < -0.4 is 0 Å². The first-order valence-corrected chi connectivity index (χ1v) is 12.6. The maximum atomic E-state index is 12.8. The largest absolute Gasteiger partial charge is 0.493 e.